The molecule has 1 aromatic rings. The molecule has 6 atom stereocenters. The first-order valence-corrected chi connectivity index (χ1v) is 14.1. The number of rotatable bonds is 7. The van der Waals surface area contributed by atoms with Crippen LogP contribution in [0.3, 0.4) is 0 Å². The lowest BCUT2D eigenvalue weighted by atomic mass is 9.85. The molecule has 1 aromatic heterocycles. The lowest BCUT2D eigenvalue weighted by Crippen LogP contribution is -2.55. The van der Waals surface area contributed by atoms with Gasteiger partial charge in [-0.2, -0.15) is 0 Å². The second-order valence-corrected chi connectivity index (χ2v) is 13.1. The highest BCUT2D eigenvalue weighted by atomic mass is 32.2. The van der Waals surface area contributed by atoms with Crippen LogP contribution in [0.5, 0.6) is 0 Å². The molecule has 0 spiro atoms. The number of carbonyl (C=O) groups is 2. The van der Waals surface area contributed by atoms with Crippen LogP contribution >= 0.6 is 0 Å². The molecule has 2 amide bonds. The van der Waals surface area contributed by atoms with E-state index >= 15 is 0 Å². The van der Waals surface area contributed by atoms with Crippen LogP contribution in [0.15, 0.2) is 6.20 Å². The van der Waals surface area contributed by atoms with Crippen LogP contribution in [0.4, 0.5) is 0 Å². The fourth-order valence-corrected chi connectivity index (χ4v) is 6.82. The Morgan fingerprint density at radius 1 is 1.24 bits per heavy atom. The summed E-state index contributed by atoms with van der Waals surface area (Å²) in [6.45, 7) is 7.94. The van der Waals surface area contributed by atoms with Crippen LogP contribution in [0.1, 0.15) is 90.3 Å². The minimum atomic E-state index is -0.990. The van der Waals surface area contributed by atoms with Gasteiger partial charge in [-0.3, -0.25) is 13.8 Å². The first-order valence-electron chi connectivity index (χ1n) is 12.7. The normalized spacial score (nSPS) is 29.6. The number of nitrogens with zero attached hydrogens (tertiary/aromatic N) is 4. The van der Waals surface area contributed by atoms with E-state index in [2.05, 4.69) is 15.6 Å². The fourth-order valence-electron chi connectivity index (χ4n) is 5.40. The van der Waals surface area contributed by atoms with Crippen molar-refractivity contribution in [1.82, 2.24) is 25.2 Å². The summed E-state index contributed by atoms with van der Waals surface area (Å²) in [4.78, 5) is 28.8. The molecular formula is C24H39N5O4S. The smallest absolute Gasteiger partial charge is 0.248 e. The number of nitrogens with one attached hydrogen (secondary N) is 1. The number of β-amino-alcohol motifs (C(OH)–C–C–N with tert-alkyl or cyclic N) is 1. The minimum absolute atomic E-state index is 0.0588. The van der Waals surface area contributed by atoms with E-state index in [0.717, 1.165) is 44.2 Å². The van der Waals surface area contributed by atoms with E-state index in [0.29, 0.717) is 11.7 Å². The molecule has 10 heteroatoms. The maximum atomic E-state index is 13.9. The molecule has 3 fully saturated rings. The Morgan fingerprint density at radius 3 is 2.59 bits per heavy atom. The number of amides is 2. The molecule has 190 valence electrons. The molecule has 0 aromatic carbocycles. The van der Waals surface area contributed by atoms with Gasteiger partial charge in [-0.1, -0.05) is 45.7 Å². The van der Waals surface area contributed by atoms with Gasteiger partial charge in [0.1, 0.15) is 12.1 Å². The van der Waals surface area contributed by atoms with Crippen LogP contribution in [-0.4, -0.2) is 76.8 Å². The number of aliphatic hydroxyl groups excluding tert-OH is 1. The molecule has 0 bridgehead atoms. The van der Waals surface area contributed by atoms with Crippen molar-refractivity contribution >= 4 is 22.6 Å². The summed E-state index contributed by atoms with van der Waals surface area (Å²) in [5.41, 5.74) is 0.442. The topological polar surface area (TPSA) is 117 Å². The van der Waals surface area contributed by atoms with E-state index < -0.39 is 34.4 Å². The number of aliphatic hydroxyl groups is 1. The molecule has 1 saturated heterocycles. The summed E-state index contributed by atoms with van der Waals surface area (Å²) < 4.78 is 14.2. The van der Waals surface area contributed by atoms with E-state index in [9.17, 15) is 18.9 Å². The lowest BCUT2D eigenvalue weighted by molar-refractivity contribution is -0.144. The summed E-state index contributed by atoms with van der Waals surface area (Å²) >= 11 is 0. The second kappa shape index (κ2) is 10.0. The third-order valence-electron chi connectivity index (χ3n) is 7.36. The quantitative estimate of drug-likeness (QED) is 0.599. The third-order valence-corrected chi connectivity index (χ3v) is 9.17. The van der Waals surface area contributed by atoms with Crippen molar-refractivity contribution in [3.05, 3.63) is 11.9 Å². The van der Waals surface area contributed by atoms with Crippen molar-refractivity contribution < 1.29 is 18.9 Å². The highest BCUT2D eigenvalue weighted by Crippen LogP contribution is 2.40. The average molecular weight is 494 g/mol. The van der Waals surface area contributed by atoms with E-state index in [1.165, 1.54) is 4.90 Å². The Balaban J connectivity index is 1.53. The zero-order valence-corrected chi connectivity index (χ0v) is 21.6. The van der Waals surface area contributed by atoms with Gasteiger partial charge in [-0.25, -0.2) is 4.68 Å². The standard InChI is InChI=1S/C24H39N5O4S/c1-5-34(33)20-9-7-6-8-17(20)25-22(31)19-12-16(30)13-28(19)23(32)21(24(2,3)4)29-14-18(26-27-29)15-10-11-15/h14-17,19-21,30H,5-13H2,1-4H3,(H,25,31)/t16?,17?,19?,20?,21-,34?/m1/s1. The van der Waals surface area contributed by atoms with Crippen molar-refractivity contribution in [3.63, 3.8) is 0 Å². The molecule has 34 heavy (non-hydrogen) atoms. The van der Waals surface area contributed by atoms with Crippen LogP contribution in [0.2, 0.25) is 0 Å². The lowest BCUT2D eigenvalue weighted by Gasteiger charge is -2.36. The van der Waals surface area contributed by atoms with Gasteiger partial charge in [0.15, 0.2) is 0 Å². The van der Waals surface area contributed by atoms with Crippen LogP contribution in [-0.2, 0) is 20.4 Å². The van der Waals surface area contributed by atoms with Crippen molar-refractivity contribution in [2.45, 2.75) is 108 Å². The van der Waals surface area contributed by atoms with Crippen LogP contribution in [0, 0.1) is 5.41 Å². The zero-order valence-electron chi connectivity index (χ0n) is 20.8. The molecule has 9 nitrogen and oxygen atoms in total. The highest BCUT2D eigenvalue weighted by Gasteiger charge is 2.46. The van der Waals surface area contributed by atoms with E-state index in [4.69, 9.17) is 0 Å². The largest absolute Gasteiger partial charge is 0.391 e. The van der Waals surface area contributed by atoms with Gasteiger partial charge in [0.05, 0.1) is 17.0 Å². The predicted octanol–water partition coefficient (Wildman–Crippen LogP) is 1.90. The number of aromatic nitrogens is 3. The molecule has 2 heterocycles. The second-order valence-electron chi connectivity index (χ2n) is 11.2. The maximum absolute atomic E-state index is 13.9. The molecule has 0 radical (unpaired) electrons. The fraction of sp³-hybridized carbons (Fsp3) is 0.833. The number of hydrogen-bond acceptors (Lipinski definition) is 6. The summed E-state index contributed by atoms with van der Waals surface area (Å²) in [7, 11) is -0.990. The van der Waals surface area contributed by atoms with Crippen molar-refractivity contribution in [3.8, 4) is 0 Å². The van der Waals surface area contributed by atoms with Crippen molar-refractivity contribution in [2.75, 3.05) is 12.3 Å². The van der Waals surface area contributed by atoms with Gasteiger partial charge in [-0.15, -0.1) is 5.10 Å². The Kier molecular flexibility index (Phi) is 7.47. The molecule has 4 rings (SSSR count). The molecular weight excluding hydrogens is 454 g/mol. The van der Waals surface area contributed by atoms with Gasteiger partial charge < -0.3 is 15.3 Å². The third kappa shape index (κ3) is 5.37. The molecule has 3 aliphatic rings. The summed E-state index contributed by atoms with van der Waals surface area (Å²) in [6, 6.07) is -1.55. The van der Waals surface area contributed by atoms with E-state index in [1.807, 2.05) is 33.9 Å². The number of likely N-dealkylation sites (tertiary alicyclic amines) is 1. The van der Waals surface area contributed by atoms with Gasteiger partial charge >= 0.3 is 0 Å². The van der Waals surface area contributed by atoms with E-state index in [1.54, 1.807) is 4.68 Å². The minimum Gasteiger partial charge on any atom is -0.391 e. The first-order chi connectivity index (χ1) is 16.1. The van der Waals surface area contributed by atoms with Gasteiger partial charge in [0.2, 0.25) is 11.8 Å². The first kappa shape index (κ1) is 25.3. The Bertz CT molecular complexity index is 925. The Labute approximate surface area is 204 Å². The average Bonchev–Trinajstić information content (AvgIpc) is 3.39. The van der Waals surface area contributed by atoms with E-state index in [-0.39, 0.29) is 36.1 Å². The number of carbonyl (C=O) groups excluding carboxylic acids is 2. The monoisotopic (exact) mass is 493 g/mol. The molecule has 2 aliphatic carbocycles. The molecule has 5 unspecified atom stereocenters. The van der Waals surface area contributed by atoms with Crippen molar-refractivity contribution in [2.24, 2.45) is 5.41 Å². The zero-order chi connectivity index (χ0) is 24.6. The van der Waals surface area contributed by atoms with Gasteiger partial charge in [-0.05, 0) is 31.1 Å². The van der Waals surface area contributed by atoms with Crippen LogP contribution in [0.25, 0.3) is 0 Å². The highest BCUT2D eigenvalue weighted by molar-refractivity contribution is 7.85. The Morgan fingerprint density at radius 2 is 1.94 bits per heavy atom. The van der Waals surface area contributed by atoms with Gasteiger partial charge in [0.25, 0.3) is 0 Å². The Hall–Kier alpha value is -1.81. The predicted molar refractivity (Wildman–Crippen MR) is 129 cm³/mol. The summed E-state index contributed by atoms with van der Waals surface area (Å²) in [6.07, 6.45) is 7.13. The molecule has 1 aliphatic heterocycles. The van der Waals surface area contributed by atoms with Crippen molar-refractivity contribution in [1.29, 1.82) is 0 Å². The van der Waals surface area contributed by atoms with Crippen LogP contribution < -0.4 is 5.32 Å². The molecule has 2 saturated carbocycles. The summed E-state index contributed by atoms with van der Waals surface area (Å²) in [5.74, 6) is 0.500. The maximum Gasteiger partial charge on any atom is 0.248 e. The molecule has 2 N–H and O–H groups in total. The number of hydrogen-bond donors (Lipinski definition) is 2. The summed E-state index contributed by atoms with van der Waals surface area (Å²) in [5, 5.41) is 22.0. The SMILES string of the molecule is CCS(=O)C1CCCCC1NC(=O)C1CC(O)CN1C(=O)[C@@H](n1cc(C2CC2)nn1)C(C)(C)C. The van der Waals surface area contributed by atoms with Gasteiger partial charge in [0, 0.05) is 47.7 Å².